The summed E-state index contributed by atoms with van der Waals surface area (Å²) in [5.41, 5.74) is 0.849. The van der Waals surface area contributed by atoms with Crippen LogP contribution in [0.15, 0.2) is 23.2 Å². The Bertz CT molecular complexity index is 558. The number of guanidine groups is 1. The summed E-state index contributed by atoms with van der Waals surface area (Å²) in [7, 11) is 1.70. The molecule has 0 heterocycles. The van der Waals surface area contributed by atoms with Crippen molar-refractivity contribution in [1.29, 1.82) is 0 Å². The molecule has 0 aliphatic heterocycles. The van der Waals surface area contributed by atoms with Crippen LogP contribution >= 0.6 is 0 Å². The van der Waals surface area contributed by atoms with Crippen LogP contribution in [-0.4, -0.2) is 38.0 Å². The van der Waals surface area contributed by atoms with Crippen LogP contribution in [-0.2, 0) is 0 Å². The first-order valence-electron chi connectivity index (χ1n) is 7.86. The molecular formula is C17H27FN4O. The van der Waals surface area contributed by atoms with Gasteiger partial charge < -0.3 is 16.0 Å². The van der Waals surface area contributed by atoms with E-state index in [0.717, 1.165) is 0 Å². The number of aliphatic imine (C=N–C) groups is 1. The van der Waals surface area contributed by atoms with Crippen molar-refractivity contribution >= 4 is 11.9 Å². The number of carbonyl (C=O) groups is 1. The Morgan fingerprint density at radius 3 is 2.43 bits per heavy atom. The van der Waals surface area contributed by atoms with E-state index in [0.29, 0.717) is 42.1 Å². The highest BCUT2D eigenvalue weighted by Gasteiger charge is 2.09. The summed E-state index contributed by atoms with van der Waals surface area (Å²) in [6.07, 6.45) is 0. The van der Waals surface area contributed by atoms with E-state index in [1.807, 2.05) is 0 Å². The maximum Gasteiger partial charge on any atom is 0.251 e. The van der Waals surface area contributed by atoms with E-state index >= 15 is 0 Å². The van der Waals surface area contributed by atoms with Crippen LogP contribution in [0.3, 0.4) is 0 Å². The number of nitrogens with zero attached hydrogens (tertiary/aromatic N) is 1. The molecule has 0 aliphatic carbocycles. The Labute approximate surface area is 137 Å². The third-order valence-electron chi connectivity index (χ3n) is 3.73. The molecule has 0 bridgehead atoms. The Hall–Kier alpha value is -2.11. The third kappa shape index (κ3) is 6.26. The lowest BCUT2D eigenvalue weighted by Crippen LogP contribution is -2.46. The van der Waals surface area contributed by atoms with E-state index in [2.05, 4.69) is 41.7 Å². The lowest BCUT2D eigenvalue weighted by atomic mass is 10.1. The minimum absolute atomic E-state index is 0.288. The molecule has 6 heteroatoms. The molecule has 3 N–H and O–H groups in total. The van der Waals surface area contributed by atoms with Gasteiger partial charge in [-0.2, -0.15) is 0 Å². The second-order valence-corrected chi connectivity index (χ2v) is 5.90. The van der Waals surface area contributed by atoms with Gasteiger partial charge in [-0.15, -0.1) is 0 Å². The summed E-state index contributed by atoms with van der Waals surface area (Å²) in [5.74, 6) is 0.527. The Morgan fingerprint density at radius 2 is 1.87 bits per heavy atom. The molecule has 1 rings (SSSR count). The summed E-state index contributed by atoms with van der Waals surface area (Å²) in [4.78, 5) is 16.1. The summed E-state index contributed by atoms with van der Waals surface area (Å²) in [6.45, 7) is 8.97. The van der Waals surface area contributed by atoms with Gasteiger partial charge in [0.05, 0.1) is 0 Å². The van der Waals surface area contributed by atoms with E-state index in [-0.39, 0.29) is 11.7 Å². The highest BCUT2D eigenvalue weighted by atomic mass is 19.1. The number of benzene rings is 1. The van der Waals surface area contributed by atoms with Gasteiger partial charge in [0.1, 0.15) is 5.82 Å². The fourth-order valence-electron chi connectivity index (χ4n) is 1.77. The third-order valence-corrected chi connectivity index (χ3v) is 3.73. The quantitative estimate of drug-likeness (QED) is 0.427. The Balaban J connectivity index is 2.38. The monoisotopic (exact) mass is 322 g/mol. The van der Waals surface area contributed by atoms with Crippen molar-refractivity contribution in [3.63, 3.8) is 0 Å². The van der Waals surface area contributed by atoms with Crippen LogP contribution in [0.1, 0.15) is 36.7 Å². The zero-order valence-electron chi connectivity index (χ0n) is 14.5. The van der Waals surface area contributed by atoms with Gasteiger partial charge in [-0.05, 0) is 37.5 Å². The SMILES string of the molecule is CN=C(NCCNC(=O)c1ccc(C)c(F)c1)NC(C)C(C)C. The van der Waals surface area contributed by atoms with Gasteiger partial charge in [0.2, 0.25) is 0 Å². The molecule has 0 aromatic heterocycles. The highest BCUT2D eigenvalue weighted by molar-refractivity contribution is 5.94. The summed E-state index contributed by atoms with van der Waals surface area (Å²) in [6, 6.07) is 4.77. The number of hydrogen-bond acceptors (Lipinski definition) is 2. The number of rotatable bonds is 6. The molecular weight excluding hydrogens is 295 g/mol. The Morgan fingerprint density at radius 1 is 1.22 bits per heavy atom. The Kier molecular flexibility index (Phi) is 7.51. The van der Waals surface area contributed by atoms with Gasteiger partial charge in [0.15, 0.2) is 5.96 Å². The van der Waals surface area contributed by atoms with Gasteiger partial charge in [0, 0.05) is 31.7 Å². The zero-order chi connectivity index (χ0) is 17.4. The largest absolute Gasteiger partial charge is 0.355 e. The van der Waals surface area contributed by atoms with E-state index in [9.17, 15) is 9.18 Å². The van der Waals surface area contributed by atoms with Crippen LogP contribution in [0.25, 0.3) is 0 Å². The van der Waals surface area contributed by atoms with Gasteiger partial charge in [0.25, 0.3) is 5.91 Å². The lowest BCUT2D eigenvalue weighted by Gasteiger charge is -2.20. The van der Waals surface area contributed by atoms with E-state index in [4.69, 9.17) is 0 Å². The van der Waals surface area contributed by atoms with Crippen molar-refractivity contribution in [1.82, 2.24) is 16.0 Å². The fourth-order valence-corrected chi connectivity index (χ4v) is 1.77. The van der Waals surface area contributed by atoms with Crippen molar-refractivity contribution in [3.05, 3.63) is 35.1 Å². The number of aryl methyl sites for hydroxylation is 1. The molecule has 0 saturated carbocycles. The summed E-state index contributed by atoms with van der Waals surface area (Å²) < 4.78 is 13.4. The molecule has 0 aliphatic rings. The second-order valence-electron chi connectivity index (χ2n) is 5.90. The van der Waals surface area contributed by atoms with E-state index in [1.54, 1.807) is 26.1 Å². The molecule has 1 aromatic rings. The van der Waals surface area contributed by atoms with Crippen LogP contribution < -0.4 is 16.0 Å². The smallest absolute Gasteiger partial charge is 0.251 e. The van der Waals surface area contributed by atoms with E-state index < -0.39 is 0 Å². The zero-order valence-corrected chi connectivity index (χ0v) is 14.5. The molecule has 1 amide bonds. The average molecular weight is 322 g/mol. The molecule has 128 valence electrons. The molecule has 1 unspecified atom stereocenters. The molecule has 0 spiro atoms. The maximum absolute atomic E-state index is 13.4. The molecule has 0 radical (unpaired) electrons. The van der Waals surface area contributed by atoms with Gasteiger partial charge in [-0.1, -0.05) is 19.9 Å². The van der Waals surface area contributed by atoms with Crippen LogP contribution in [0.4, 0.5) is 4.39 Å². The first-order valence-corrected chi connectivity index (χ1v) is 7.86. The average Bonchev–Trinajstić information content (AvgIpc) is 2.52. The number of halogens is 1. The first-order chi connectivity index (χ1) is 10.8. The normalized spacial score (nSPS) is 12.9. The molecule has 1 aromatic carbocycles. The lowest BCUT2D eigenvalue weighted by molar-refractivity contribution is 0.0954. The van der Waals surface area contributed by atoms with Crippen molar-refractivity contribution < 1.29 is 9.18 Å². The van der Waals surface area contributed by atoms with Crippen molar-refractivity contribution in [2.24, 2.45) is 10.9 Å². The predicted molar refractivity (Wildman–Crippen MR) is 92.3 cm³/mol. The van der Waals surface area contributed by atoms with E-state index in [1.165, 1.54) is 6.07 Å². The standard InChI is InChI=1S/C17H27FN4O/c1-11(2)13(4)22-17(19-5)21-9-8-20-16(23)14-7-6-12(3)15(18)10-14/h6-7,10-11,13H,8-9H2,1-5H3,(H,20,23)(H2,19,21,22). The van der Waals surface area contributed by atoms with Crippen LogP contribution in [0.2, 0.25) is 0 Å². The van der Waals surface area contributed by atoms with Gasteiger partial charge in [-0.3, -0.25) is 9.79 Å². The first kappa shape index (κ1) is 18.9. The van der Waals surface area contributed by atoms with Crippen LogP contribution in [0.5, 0.6) is 0 Å². The molecule has 5 nitrogen and oxygen atoms in total. The molecule has 23 heavy (non-hydrogen) atoms. The molecule has 0 fully saturated rings. The highest BCUT2D eigenvalue weighted by Crippen LogP contribution is 2.08. The minimum Gasteiger partial charge on any atom is -0.355 e. The summed E-state index contributed by atoms with van der Waals surface area (Å²) in [5, 5.41) is 9.16. The van der Waals surface area contributed by atoms with Crippen molar-refractivity contribution in [3.8, 4) is 0 Å². The molecule has 1 atom stereocenters. The maximum atomic E-state index is 13.4. The number of amides is 1. The summed E-state index contributed by atoms with van der Waals surface area (Å²) >= 11 is 0. The number of hydrogen-bond donors (Lipinski definition) is 3. The second kappa shape index (κ2) is 9.12. The fraction of sp³-hybridized carbons (Fsp3) is 0.529. The molecule has 0 saturated heterocycles. The van der Waals surface area contributed by atoms with Crippen molar-refractivity contribution in [2.45, 2.75) is 33.7 Å². The predicted octanol–water partition coefficient (Wildman–Crippen LogP) is 2.07. The van der Waals surface area contributed by atoms with Crippen LogP contribution in [0, 0.1) is 18.7 Å². The minimum atomic E-state index is -0.372. The topological polar surface area (TPSA) is 65.5 Å². The van der Waals surface area contributed by atoms with Crippen molar-refractivity contribution in [2.75, 3.05) is 20.1 Å². The number of nitrogens with one attached hydrogen (secondary N) is 3. The van der Waals surface area contributed by atoms with Gasteiger partial charge >= 0.3 is 0 Å². The van der Waals surface area contributed by atoms with Gasteiger partial charge in [-0.25, -0.2) is 4.39 Å². The number of carbonyl (C=O) groups excluding carboxylic acids is 1.